The molecule has 2 heteroatoms. The van der Waals surface area contributed by atoms with Gasteiger partial charge in [-0.1, -0.05) is 23.8 Å². The van der Waals surface area contributed by atoms with E-state index in [1.54, 1.807) is 0 Å². The molecule has 0 aromatic heterocycles. The third kappa shape index (κ3) is 1.68. The van der Waals surface area contributed by atoms with Crippen LogP contribution in [0, 0.1) is 6.92 Å². The fourth-order valence-corrected chi connectivity index (χ4v) is 2.11. The second kappa shape index (κ2) is 3.37. The first-order valence-corrected chi connectivity index (χ1v) is 5.05. The summed E-state index contributed by atoms with van der Waals surface area (Å²) in [6, 6.07) is 6.33. The first kappa shape index (κ1) is 9.69. The van der Waals surface area contributed by atoms with Crippen molar-refractivity contribution in [1.82, 2.24) is 0 Å². The van der Waals surface area contributed by atoms with Gasteiger partial charge in [-0.15, -0.1) is 0 Å². The molecule has 2 nitrogen and oxygen atoms in total. The van der Waals surface area contributed by atoms with Gasteiger partial charge in [-0.25, -0.2) is 0 Å². The van der Waals surface area contributed by atoms with E-state index in [1.807, 2.05) is 6.92 Å². The standard InChI is InChI=1S/C12H16O2/c1-9-2-3-10-4-5-12(14,8-13)7-11(10)6-9/h2-3,6,13-14H,4-5,7-8H2,1H3. The van der Waals surface area contributed by atoms with Crippen molar-refractivity contribution in [2.24, 2.45) is 0 Å². The lowest BCUT2D eigenvalue weighted by atomic mass is 9.80. The van der Waals surface area contributed by atoms with Gasteiger partial charge in [-0.2, -0.15) is 0 Å². The molecule has 0 spiro atoms. The Morgan fingerprint density at radius 2 is 2.14 bits per heavy atom. The van der Waals surface area contributed by atoms with Gasteiger partial charge >= 0.3 is 0 Å². The topological polar surface area (TPSA) is 40.5 Å². The first-order chi connectivity index (χ1) is 6.63. The second-order valence-corrected chi connectivity index (χ2v) is 4.33. The molecule has 0 saturated carbocycles. The Morgan fingerprint density at radius 3 is 2.86 bits per heavy atom. The molecule has 2 N–H and O–H groups in total. The van der Waals surface area contributed by atoms with Gasteiger partial charge in [0, 0.05) is 6.42 Å². The smallest absolute Gasteiger partial charge is 0.0920 e. The molecule has 0 radical (unpaired) electrons. The Bertz CT molecular complexity index is 346. The monoisotopic (exact) mass is 192 g/mol. The van der Waals surface area contributed by atoms with E-state index in [4.69, 9.17) is 5.11 Å². The van der Waals surface area contributed by atoms with Crippen LogP contribution in [0.3, 0.4) is 0 Å². The molecule has 0 amide bonds. The first-order valence-electron chi connectivity index (χ1n) is 5.05. The second-order valence-electron chi connectivity index (χ2n) is 4.33. The Kier molecular flexibility index (Phi) is 2.33. The summed E-state index contributed by atoms with van der Waals surface area (Å²) in [4.78, 5) is 0. The maximum atomic E-state index is 9.97. The molecule has 1 atom stereocenters. The van der Waals surface area contributed by atoms with Crippen LogP contribution >= 0.6 is 0 Å². The summed E-state index contributed by atoms with van der Waals surface area (Å²) >= 11 is 0. The lowest BCUT2D eigenvalue weighted by Crippen LogP contribution is -2.39. The van der Waals surface area contributed by atoms with E-state index in [2.05, 4.69) is 18.2 Å². The van der Waals surface area contributed by atoms with Crippen molar-refractivity contribution in [3.8, 4) is 0 Å². The van der Waals surface area contributed by atoms with E-state index < -0.39 is 5.60 Å². The molecule has 1 aliphatic rings. The quantitative estimate of drug-likeness (QED) is 0.702. The van der Waals surface area contributed by atoms with E-state index in [-0.39, 0.29) is 6.61 Å². The van der Waals surface area contributed by atoms with Crippen molar-refractivity contribution in [3.05, 3.63) is 34.9 Å². The summed E-state index contributed by atoms with van der Waals surface area (Å²) in [7, 11) is 0. The summed E-state index contributed by atoms with van der Waals surface area (Å²) in [5, 5.41) is 19.1. The zero-order valence-corrected chi connectivity index (χ0v) is 8.45. The van der Waals surface area contributed by atoms with Crippen molar-refractivity contribution in [3.63, 3.8) is 0 Å². The zero-order chi connectivity index (χ0) is 10.2. The third-order valence-corrected chi connectivity index (χ3v) is 3.04. The number of aryl methyl sites for hydroxylation is 2. The minimum absolute atomic E-state index is 0.139. The van der Waals surface area contributed by atoms with Crippen molar-refractivity contribution in [2.75, 3.05) is 6.61 Å². The highest BCUT2D eigenvalue weighted by molar-refractivity contribution is 5.35. The fourth-order valence-electron chi connectivity index (χ4n) is 2.11. The van der Waals surface area contributed by atoms with Gasteiger partial charge in [0.1, 0.15) is 0 Å². The summed E-state index contributed by atoms with van der Waals surface area (Å²) in [6.07, 6.45) is 2.12. The molecule has 1 unspecified atom stereocenters. The molecule has 14 heavy (non-hydrogen) atoms. The molecule has 0 aliphatic heterocycles. The van der Waals surface area contributed by atoms with Crippen LogP contribution in [0.2, 0.25) is 0 Å². The number of aliphatic hydroxyl groups excluding tert-OH is 1. The number of fused-ring (bicyclic) bond motifs is 1. The average Bonchev–Trinajstić information content (AvgIpc) is 2.17. The van der Waals surface area contributed by atoms with Crippen LogP contribution in [0.4, 0.5) is 0 Å². The summed E-state index contributed by atoms with van der Waals surface area (Å²) in [5.41, 5.74) is 2.83. The highest BCUT2D eigenvalue weighted by atomic mass is 16.3. The Balaban J connectivity index is 2.33. The van der Waals surface area contributed by atoms with Gasteiger partial charge in [0.2, 0.25) is 0 Å². The van der Waals surface area contributed by atoms with Gasteiger partial charge < -0.3 is 10.2 Å². The zero-order valence-electron chi connectivity index (χ0n) is 8.45. The van der Waals surface area contributed by atoms with Crippen molar-refractivity contribution >= 4 is 0 Å². The predicted octanol–water partition coefficient (Wildman–Crippen LogP) is 1.21. The molecule has 76 valence electrons. The molecule has 1 aromatic rings. The number of benzene rings is 1. The minimum atomic E-state index is -0.888. The fraction of sp³-hybridized carbons (Fsp3) is 0.500. The maximum Gasteiger partial charge on any atom is 0.0920 e. The van der Waals surface area contributed by atoms with Crippen LogP contribution in [0.1, 0.15) is 23.1 Å². The Hall–Kier alpha value is -0.860. The molecule has 0 heterocycles. The molecular formula is C12H16O2. The predicted molar refractivity (Wildman–Crippen MR) is 55.2 cm³/mol. The molecule has 2 rings (SSSR count). The summed E-state index contributed by atoms with van der Waals surface area (Å²) in [5.74, 6) is 0. The van der Waals surface area contributed by atoms with Gasteiger partial charge in [0.05, 0.1) is 12.2 Å². The lowest BCUT2D eigenvalue weighted by Gasteiger charge is -2.31. The normalized spacial score (nSPS) is 25.9. The Morgan fingerprint density at radius 1 is 1.36 bits per heavy atom. The number of hydrogen-bond acceptors (Lipinski definition) is 2. The van der Waals surface area contributed by atoms with Crippen LogP contribution < -0.4 is 0 Å². The molecule has 0 bridgehead atoms. The van der Waals surface area contributed by atoms with E-state index >= 15 is 0 Å². The number of aliphatic hydroxyl groups is 2. The van der Waals surface area contributed by atoms with Crippen molar-refractivity contribution in [2.45, 2.75) is 31.8 Å². The number of hydrogen-bond donors (Lipinski definition) is 2. The Labute approximate surface area is 84.2 Å². The maximum absolute atomic E-state index is 9.97. The van der Waals surface area contributed by atoms with Gasteiger partial charge in [0.15, 0.2) is 0 Å². The van der Waals surface area contributed by atoms with Gasteiger partial charge in [-0.3, -0.25) is 0 Å². The van der Waals surface area contributed by atoms with Crippen molar-refractivity contribution < 1.29 is 10.2 Å². The molecule has 0 fully saturated rings. The van der Waals surface area contributed by atoms with Crippen molar-refractivity contribution in [1.29, 1.82) is 0 Å². The molecule has 1 aromatic carbocycles. The van der Waals surface area contributed by atoms with Crippen LogP contribution in [0.5, 0.6) is 0 Å². The van der Waals surface area contributed by atoms with Crippen LogP contribution in [-0.4, -0.2) is 22.4 Å². The van der Waals surface area contributed by atoms with Crippen LogP contribution in [0.25, 0.3) is 0 Å². The van der Waals surface area contributed by atoms with Crippen LogP contribution in [0.15, 0.2) is 18.2 Å². The minimum Gasteiger partial charge on any atom is -0.393 e. The van der Waals surface area contributed by atoms with E-state index in [0.29, 0.717) is 12.8 Å². The van der Waals surface area contributed by atoms with E-state index in [9.17, 15) is 5.11 Å². The average molecular weight is 192 g/mol. The highest BCUT2D eigenvalue weighted by Crippen LogP contribution is 2.28. The largest absolute Gasteiger partial charge is 0.393 e. The number of rotatable bonds is 1. The van der Waals surface area contributed by atoms with Gasteiger partial charge in [-0.05, 0) is 30.9 Å². The molecular weight excluding hydrogens is 176 g/mol. The third-order valence-electron chi connectivity index (χ3n) is 3.04. The van der Waals surface area contributed by atoms with Gasteiger partial charge in [0.25, 0.3) is 0 Å². The summed E-state index contributed by atoms with van der Waals surface area (Å²) in [6.45, 7) is 1.91. The highest BCUT2D eigenvalue weighted by Gasteiger charge is 2.31. The molecule has 1 aliphatic carbocycles. The van der Waals surface area contributed by atoms with E-state index in [0.717, 1.165) is 6.42 Å². The SMILES string of the molecule is Cc1ccc2c(c1)CC(O)(CO)CC2. The lowest BCUT2D eigenvalue weighted by molar-refractivity contribution is -0.0248. The molecule has 0 saturated heterocycles. The van der Waals surface area contributed by atoms with E-state index in [1.165, 1.54) is 16.7 Å². The van der Waals surface area contributed by atoms with Crippen LogP contribution in [-0.2, 0) is 12.8 Å². The summed E-state index contributed by atoms with van der Waals surface area (Å²) < 4.78 is 0.